The van der Waals surface area contributed by atoms with Gasteiger partial charge in [-0.05, 0) is 43.9 Å². The summed E-state index contributed by atoms with van der Waals surface area (Å²) in [5.74, 6) is 2.78. The summed E-state index contributed by atoms with van der Waals surface area (Å²) in [6.45, 7) is 2.65. The Morgan fingerprint density at radius 3 is 2.37 bits per heavy atom. The van der Waals surface area contributed by atoms with E-state index in [4.69, 9.17) is 9.41 Å². The molecule has 0 amide bonds. The third-order valence-electron chi connectivity index (χ3n) is 5.83. The second-order valence-electron chi connectivity index (χ2n) is 7.99. The highest BCUT2D eigenvalue weighted by molar-refractivity contribution is 14.0. The van der Waals surface area contributed by atoms with Crippen LogP contribution in [0.5, 0.6) is 0 Å². The Kier molecular flexibility index (Phi) is 9.23. The highest BCUT2D eigenvalue weighted by atomic mass is 127. The van der Waals surface area contributed by atoms with Gasteiger partial charge in [0.1, 0.15) is 5.76 Å². The van der Waals surface area contributed by atoms with Gasteiger partial charge in [0.2, 0.25) is 5.95 Å². The molecule has 1 aliphatic heterocycles. The largest absolute Gasteiger partial charge is 0.469 e. The highest BCUT2D eigenvalue weighted by Crippen LogP contribution is 2.18. The van der Waals surface area contributed by atoms with Crippen LogP contribution in [-0.2, 0) is 6.42 Å². The summed E-state index contributed by atoms with van der Waals surface area (Å²) >= 11 is 0. The maximum absolute atomic E-state index is 5.44. The molecule has 3 heterocycles. The van der Waals surface area contributed by atoms with E-state index >= 15 is 0 Å². The number of aromatic nitrogens is 2. The fourth-order valence-electron chi connectivity index (χ4n) is 4.18. The van der Waals surface area contributed by atoms with E-state index < -0.39 is 0 Å². The molecule has 0 aromatic carbocycles. The van der Waals surface area contributed by atoms with E-state index in [0.29, 0.717) is 12.1 Å². The first kappa shape index (κ1) is 22.8. The Bertz CT molecular complexity index is 740. The lowest BCUT2D eigenvalue weighted by Gasteiger charge is -2.34. The van der Waals surface area contributed by atoms with Gasteiger partial charge < -0.3 is 20.0 Å². The summed E-state index contributed by atoms with van der Waals surface area (Å²) in [5.41, 5.74) is 0. The lowest BCUT2D eigenvalue weighted by Crippen LogP contribution is -2.51. The zero-order valence-corrected chi connectivity index (χ0v) is 19.8. The Hall–Kier alpha value is -1.84. The van der Waals surface area contributed by atoms with Gasteiger partial charge in [-0.25, -0.2) is 9.97 Å². The lowest BCUT2D eigenvalue weighted by molar-refractivity contribution is 0.401. The highest BCUT2D eigenvalue weighted by Gasteiger charge is 2.23. The number of nitrogens with zero attached hydrogens (tertiary/aromatic N) is 4. The van der Waals surface area contributed by atoms with Crippen molar-refractivity contribution in [3.05, 3.63) is 42.6 Å². The minimum atomic E-state index is 0. The van der Waals surface area contributed by atoms with Crippen LogP contribution in [0.3, 0.4) is 0 Å². The van der Waals surface area contributed by atoms with Crippen molar-refractivity contribution in [2.45, 2.75) is 63.5 Å². The maximum Gasteiger partial charge on any atom is 0.225 e. The van der Waals surface area contributed by atoms with Crippen LogP contribution in [0.2, 0.25) is 0 Å². The van der Waals surface area contributed by atoms with Crippen LogP contribution < -0.4 is 15.5 Å². The number of hydrogen-bond donors (Lipinski definition) is 2. The molecule has 1 saturated carbocycles. The van der Waals surface area contributed by atoms with Crippen LogP contribution in [0.25, 0.3) is 0 Å². The van der Waals surface area contributed by atoms with E-state index in [2.05, 4.69) is 25.5 Å². The molecule has 0 radical (unpaired) electrons. The molecule has 0 spiro atoms. The zero-order valence-electron chi connectivity index (χ0n) is 17.5. The number of rotatable bonds is 6. The molecular formula is C22H33IN6O. The lowest BCUT2D eigenvalue weighted by atomic mass is 9.95. The molecule has 0 unspecified atom stereocenters. The summed E-state index contributed by atoms with van der Waals surface area (Å²) in [7, 11) is 0. The first-order chi connectivity index (χ1) is 14.4. The number of aliphatic imine (C=N–C) groups is 1. The molecular weight excluding hydrogens is 491 g/mol. The van der Waals surface area contributed by atoms with Crippen molar-refractivity contribution in [1.29, 1.82) is 0 Å². The molecule has 1 aliphatic carbocycles. The quantitative estimate of drug-likeness (QED) is 0.341. The van der Waals surface area contributed by atoms with Crippen molar-refractivity contribution >= 4 is 35.9 Å². The molecule has 1 saturated heterocycles. The van der Waals surface area contributed by atoms with Crippen molar-refractivity contribution in [2.24, 2.45) is 4.99 Å². The Balaban J connectivity index is 0.00000256. The molecule has 4 rings (SSSR count). The number of anilines is 1. The number of guanidine groups is 1. The molecule has 30 heavy (non-hydrogen) atoms. The van der Waals surface area contributed by atoms with E-state index in [1.54, 1.807) is 6.26 Å². The van der Waals surface area contributed by atoms with E-state index in [1.165, 1.54) is 32.1 Å². The fraction of sp³-hybridized carbons (Fsp3) is 0.591. The van der Waals surface area contributed by atoms with Gasteiger partial charge in [-0.2, -0.15) is 0 Å². The third-order valence-corrected chi connectivity index (χ3v) is 5.83. The second-order valence-corrected chi connectivity index (χ2v) is 7.99. The van der Waals surface area contributed by atoms with Crippen LogP contribution in [0.1, 0.15) is 50.7 Å². The van der Waals surface area contributed by atoms with Crippen molar-refractivity contribution in [3.8, 4) is 0 Å². The van der Waals surface area contributed by atoms with Gasteiger partial charge in [-0.3, -0.25) is 4.99 Å². The van der Waals surface area contributed by atoms with Gasteiger partial charge in [0, 0.05) is 50.5 Å². The first-order valence-electron chi connectivity index (χ1n) is 11.0. The molecule has 0 bridgehead atoms. The predicted molar refractivity (Wildman–Crippen MR) is 131 cm³/mol. The third kappa shape index (κ3) is 6.85. The Morgan fingerprint density at radius 1 is 1.00 bits per heavy atom. The SMILES string of the molecule is I.c1cnc(N2CCC(NC(=NCCc3ccco3)NC3CCCCC3)CC2)nc1. The van der Waals surface area contributed by atoms with E-state index in [-0.39, 0.29) is 24.0 Å². The van der Waals surface area contributed by atoms with Crippen molar-refractivity contribution in [1.82, 2.24) is 20.6 Å². The van der Waals surface area contributed by atoms with Crippen LogP contribution in [-0.4, -0.2) is 47.6 Å². The summed E-state index contributed by atoms with van der Waals surface area (Å²) in [6, 6.07) is 6.77. The number of furan rings is 1. The van der Waals surface area contributed by atoms with Gasteiger partial charge in [0.15, 0.2) is 5.96 Å². The van der Waals surface area contributed by atoms with Gasteiger partial charge in [-0.15, -0.1) is 24.0 Å². The zero-order chi connectivity index (χ0) is 19.7. The fourth-order valence-corrected chi connectivity index (χ4v) is 4.18. The van der Waals surface area contributed by atoms with E-state index in [1.807, 2.05) is 30.6 Å². The average molecular weight is 524 g/mol. The molecule has 0 atom stereocenters. The van der Waals surface area contributed by atoms with Gasteiger partial charge in [0.25, 0.3) is 0 Å². The summed E-state index contributed by atoms with van der Waals surface area (Å²) in [4.78, 5) is 15.9. The smallest absolute Gasteiger partial charge is 0.225 e. The molecule has 7 nitrogen and oxygen atoms in total. The first-order valence-corrected chi connectivity index (χ1v) is 11.0. The minimum Gasteiger partial charge on any atom is -0.469 e. The number of piperidine rings is 1. The monoisotopic (exact) mass is 524 g/mol. The van der Waals surface area contributed by atoms with Crippen LogP contribution in [0.15, 0.2) is 46.3 Å². The second kappa shape index (κ2) is 12.1. The van der Waals surface area contributed by atoms with Gasteiger partial charge in [-0.1, -0.05) is 19.3 Å². The van der Waals surface area contributed by atoms with Crippen LogP contribution in [0.4, 0.5) is 5.95 Å². The van der Waals surface area contributed by atoms with Crippen molar-refractivity contribution < 1.29 is 4.42 Å². The molecule has 2 aromatic rings. The number of halogens is 1. The van der Waals surface area contributed by atoms with Gasteiger partial charge in [0.05, 0.1) is 6.26 Å². The van der Waals surface area contributed by atoms with Crippen molar-refractivity contribution in [2.75, 3.05) is 24.5 Å². The molecule has 164 valence electrons. The Labute approximate surface area is 196 Å². The summed E-state index contributed by atoms with van der Waals surface area (Å²) in [5, 5.41) is 7.39. The summed E-state index contributed by atoms with van der Waals surface area (Å²) in [6.07, 6.45) is 14.7. The number of hydrogen-bond acceptors (Lipinski definition) is 5. The topological polar surface area (TPSA) is 78.6 Å². The van der Waals surface area contributed by atoms with Crippen molar-refractivity contribution in [3.63, 3.8) is 0 Å². The molecule has 2 aliphatic rings. The average Bonchev–Trinajstić information content (AvgIpc) is 3.29. The van der Waals surface area contributed by atoms with E-state index in [0.717, 1.165) is 56.6 Å². The molecule has 2 fully saturated rings. The molecule has 8 heteroatoms. The molecule has 2 aromatic heterocycles. The van der Waals surface area contributed by atoms with Crippen LogP contribution >= 0.6 is 24.0 Å². The summed E-state index contributed by atoms with van der Waals surface area (Å²) < 4.78 is 5.44. The minimum absolute atomic E-state index is 0. The number of nitrogens with one attached hydrogen (secondary N) is 2. The van der Waals surface area contributed by atoms with Crippen LogP contribution in [0, 0.1) is 0 Å². The predicted octanol–water partition coefficient (Wildman–Crippen LogP) is 3.77. The maximum atomic E-state index is 5.44. The van der Waals surface area contributed by atoms with Gasteiger partial charge >= 0.3 is 0 Å². The standard InChI is InChI=1S/C22H32N6O.HI/c1-2-6-18(7-3-1)26-21(23-14-9-20-8-4-17-29-20)27-19-10-15-28(16-11-19)22-24-12-5-13-25-22;/h4-5,8,12-13,17-19H,1-3,6-7,9-11,14-16H2,(H2,23,26,27);1H. The van der Waals surface area contributed by atoms with E-state index in [9.17, 15) is 0 Å². The Morgan fingerprint density at radius 2 is 1.70 bits per heavy atom. The molecule has 2 N–H and O–H groups in total. The normalized spacial score (nSPS) is 18.7.